The molecule has 0 radical (unpaired) electrons. The first kappa shape index (κ1) is 14.1. The fourth-order valence-electron chi connectivity index (χ4n) is 2.15. The molecule has 6 nitrogen and oxygen atoms in total. The second-order valence-corrected chi connectivity index (χ2v) is 5.08. The number of fused-ring (bicyclic) bond motifs is 1. The number of aromatic nitrogens is 3. The van der Waals surface area contributed by atoms with Crippen LogP contribution < -0.4 is 4.90 Å². The molecule has 0 N–H and O–H groups in total. The Labute approximate surface area is 128 Å². The monoisotopic (exact) mass is 296 g/mol. The first-order valence-corrected chi connectivity index (χ1v) is 6.80. The number of rotatable bonds is 3. The van der Waals surface area contributed by atoms with E-state index in [4.69, 9.17) is 4.74 Å². The Morgan fingerprint density at radius 1 is 1.14 bits per heavy atom. The molecule has 0 aliphatic rings. The van der Waals surface area contributed by atoms with Crippen LogP contribution in [-0.4, -0.2) is 41.5 Å². The Hall–Kier alpha value is -2.89. The summed E-state index contributed by atoms with van der Waals surface area (Å²) in [7, 11) is 5.24. The van der Waals surface area contributed by atoms with Crippen LogP contribution in [-0.2, 0) is 4.74 Å². The molecule has 2 aromatic heterocycles. The first-order chi connectivity index (χ1) is 10.6. The van der Waals surface area contributed by atoms with Crippen molar-refractivity contribution in [3.8, 4) is 11.3 Å². The van der Waals surface area contributed by atoms with Crippen molar-refractivity contribution in [3.63, 3.8) is 0 Å². The Morgan fingerprint density at radius 2 is 1.86 bits per heavy atom. The van der Waals surface area contributed by atoms with Gasteiger partial charge in [0.1, 0.15) is 5.82 Å². The van der Waals surface area contributed by atoms with Crippen LogP contribution in [0.15, 0.2) is 42.7 Å². The van der Waals surface area contributed by atoms with Crippen molar-refractivity contribution in [2.75, 3.05) is 26.1 Å². The SMILES string of the molecule is COC(=O)c1ccc(-c2cn3ccc(N(C)C)nc3n2)cc1. The lowest BCUT2D eigenvalue weighted by atomic mass is 10.1. The van der Waals surface area contributed by atoms with E-state index in [-0.39, 0.29) is 5.97 Å². The second-order valence-electron chi connectivity index (χ2n) is 5.08. The molecule has 0 unspecified atom stereocenters. The summed E-state index contributed by atoms with van der Waals surface area (Å²) in [5.74, 6) is 1.14. The smallest absolute Gasteiger partial charge is 0.337 e. The molecule has 0 atom stereocenters. The molecule has 3 aromatic rings. The largest absolute Gasteiger partial charge is 0.465 e. The molecule has 0 bridgehead atoms. The number of benzene rings is 1. The molecule has 6 heteroatoms. The predicted molar refractivity (Wildman–Crippen MR) is 84.1 cm³/mol. The summed E-state index contributed by atoms with van der Waals surface area (Å²) in [6.07, 6.45) is 3.84. The lowest BCUT2D eigenvalue weighted by Gasteiger charge is -2.09. The van der Waals surface area contributed by atoms with E-state index in [1.54, 1.807) is 12.1 Å². The summed E-state index contributed by atoms with van der Waals surface area (Å²) in [5.41, 5.74) is 2.24. The highest BCUT2D eigenvalue weighted by Gasteiger charge is 2.09. The van der Waals surface area contributed by atoms with Gasteiger partial charge >= 0.3 is 5.97 Å². The zero-order valence-corrected chi connectivity index (χ0v) is 12.6. The highest BCUT2D eigenvalue weighted by Crippen LogP contribution is 2.20. The molecule has 3 rings (SSSR count). The number of carbonyl (C=O) groups excluding carboxylic acids is 1. The van der Waals surface area contributed by atoms with Gasteiger partial charge in [-0.05, 0) is 18.2 Å². The zero-order valence-electron chi connectivity index (χ0n) is 12.6. The Kier molecular flexibility index (Phi) is 3.50. The molecule has 0 aliphatic carbocycles. The topological polar surface area (TPSA) is 59.7 Å². The van der Waals surface area contributed by atoms with E-state index in [1.807, 2.05) is 54.0 Å². The zero-order chi connectivity index (χ0) is 15.7. The summed E-state index contributed by atoms with van der Waals surface area (Å²) in [6.45, 7) is 0. The molecule has 0 fully saturated rings. The third kappa shape index (κ3) is 2.50. The van der Waals surface area contributed by atoms with Crippen LogP contribution >= 0.6 is 0 Å². The number of esters is 1. The van der Waals surface area contributed by atoms with Crippen molar-refractivity contribution in [1.82, 2.24) is 14.4 Å². The molecule has 0 saturated heterocycles. The van der Waals surface area contributed by atoms with E-state index >= 15 is 0 Å². The molecule has 22 heavy (non-hydrogen) atoms. The van der Waals surface area contributed by atoms with E-state index < -0.39 is 0 Å². The Balaban J connectivity index is 1.97. The standard InChI is InChI=1S/C16H16N4O2/c1-19(2)14-8-9-20-10-13(17-16(20)18-14)11-4-6-12(7-5-11)15(21)22-3/h4-10H,1-3H3. The van der Waals surface area contributed by atoms with Crippen molar-refractivity contribution in [2.24, 2.45) is 0 Å². The molecule has 0 saturated carbocycles. The molecule has 1 aromatic carbocycles. The number of anilines is 1. The fraction of sp³-hybridized carbons (Fsp3) is 0.188. The number of carbonyl (C=O) groups is 1. The van der Waals surface area contributed by atoms with Gasteiger partial charge in [0.05, 0.1) is 18.4 Å². The summed E-state index contributed by atoms with van der Waals surface area (Å²) >= 11 is 0. The van der Waals surface area contributed by atoms with Gasteiger partial charge in [0.15, 0.2) is 0 Å². The summed E-state index contributed by atoms with van der Waals surface area (Å²) in [4.78, 5) is 22.4. The molecular weight excluding hydrogens is 280 g/mol. The maximum Gasteiger partial charge on any atom is 0.337 e. The van der Waals surface area contributed by atoms with Crippen molar-refractivity contribution in [2.45, 2.75) is 0 Å². The van der Waals surface area contributed by atoms with Gasteiger partial charge in [-0.15, -0.1) is 0 Å². The fourth-order valence-corrected chi connectivity index (χ4v) is 2.15. The predicted octanol–water partition coefficient (Wildman–Crippen LogP) is 2.25. The molecule has 112 valence electrons. The van der Waals surface area contributed by atoms with E-state index in [0.717, 1.165) is 17.1 Å². The number of nitrogens with zero attached hydrogens (tertiary/aromatic N) is 4. The Morgan fingerprint density at radius 3 is 2.50 bits per heavy atom. The van der Waals surface area contributed by atoms with Crippen molar-refractivity contribution in [1.29, 1.82) is 0 Å². The summed E-state index contributed by atoms with van der Waals surface area (Å²) < 4.78 is 6.56. The van der Waals surface area contributed by atoms with Gasteiger partial charge in [-0.3, -0.25) is 4.40 Å². The molecule has 2 heterocycles. The van der Waals surface area contributed by atoms with Gasteiger partial charge in [-0.2, -0.15) is 4.98 Å². The van der Waals surface area contributed by atoms with Crippen molar-refractivity contribution >= 4 is 17.6 Å². The van der Waals surface area contributed by atoms with Crippen LogP contribution in [0, 0.1) is 0 Å². The average molecular weight is 296 g/mol. The number of imidazole rings is 1. The third-order valence-electron chi connectivity index (χ3n) is 3.37. The minimum atomic E-state index is -0.348. The molecule has 0 amide bonds. The van der Waals surface area contributed by atoms with E-state index in [9.17, 15) is 4.79 Å². The van der Waals surface area contributed by atoms with Crippen LogP contribution in [0.2, 0.25) is 0 Å². The van der Waals surface area contributed by atoms with Crippen molar-refractivity contribution < 1.29 is 9.53 Å². The summed E-state index contributed by atoms with van der Waals surface area (Å²) in [6, 6.07) is 9.08. The first-order valence-electron chi connectivity index (χ1n) is 6.80. The maximum atomic E-state index is 11.4. The van der Waals surface area contributed by atoms with Crippen molar-refractivity contribution in [3.05, 3.63) is 48.3 Å². The lowest BCUT2D eigenvalue weighted by Crippen LogP contribution is -2.10. The van der Waals surface area contributed by atoms with Crippen LogP contribution in [0.4, 0.5) is 5.82 Å². The number of hydrogen-bond acceptors (Lipinski definition) is 5. The number of ether oxygens (including phenoxy) is 1. The van der Waals surface area contributed by atoms with Gasteiger partial charge in [-0.25, -0.2) is 9.78 Å². The molecular formula is C16H16N4O2. The highest BCUT2D eigenvalue weighted by molar-refractivity contribution is 5.89. The quantitative estimate of drug-likeness (QED) is 0.694. The van der Waals surface area contributed by atoms with Crippen LogP contribution in [0.5, 0.6) is 0 Å². The van der Waals surface area contributed by atoms with Gasteiger partial charge in [0.25, 0.3) is 0 Å². The Bertz CT molecular complexity index is 822. The maximum absolute atomic E-state index is 11.4. The van der Waals surface area contributed by atoms with Gasteiger partial charge in [0.2, 0.25) is 5.78 Å². The normalized spacial score (nSPS) is 10.7. The molecule has 0 spiro atoms. The second kappa shape index (κ2) is 5.48. The van der Waals surface area contributed by atoms with Gasteiger partial charge in [-0.1, -0.05) is 12.1 Å². The van der Waals surface area contributed by atoms with Gasteiger partial charge in [0, 0.05) is 32.1 Å². The summed E-state index contributed by atoms with van der Waals surface area (Å²) in [5, 5.41) is 0. The van der Waals surface area contributed by atoms with Crippen LogP contribution in [0.1, 0.15) is 10.4 Å². The van der Waals surface area contributed by atoms with E-state index in [2.05, 4.69) is 9.97 Å². The average Bonchev–Trinajstić information content (AvgIpc) is 2.97. The lowest BCUT2D eigenvalue weighted by molar-refractivity contribution is 0.0601. The highest BCUT2D eigenvalue weighted by atomic mass is 16.5. The third-order valence-corrected chi connectivity index (χ3v) is 3.37. The number of methoxy groups -OCH3 is 1. The van der Waals surface area contributed by atoms with Crippen LogP contribution in [0.25, 0.3) is 17.0 Å². The van der Waals surface area contributed by atoms with E-state index in [1.165, 1.54) is 7.11 Å². The minimum absolute atomic E-state index is 0.348. The van der Waals surface area contributed by atoms with E-state index in [0.29, 0.717) is 11.3 Å². The number of hydrogen-bond donors (Lipinski definition) is 0. The molecule has 0 aliphatic heterocycles. The van der Waals surface area contributed by atoms with Gasteiger partial charge < -0.3 is 9.64 Å². The van der Waals surface area contributed by atoms with Crippen LogP contribution in [0.3, 0.4) is 0 Å². The minimum Gasteiger partial charge on any atom is -0.465 e.